The van der Waals surface area contributed by atoms with E-state index in [1.165, 1.54) is 0 Å². The molecule has 1 aliphatic carbocycles. The van der Waals surface area contributed by atoms with Crippen molar-refractivity contribution in [1.29, 1.82) is 0 Å². The summed E-state index contributed by atoms with van der Waals surface area (Å²) in [4.78, 5) is 21.4. The number of carbonyl (C=O) groups is 1. The fourth-order valence-corrected chi connectivity index (χ4v) is 4.25. The lowest BCUT2D eigenvalue weighted by atomic mass is 9.92. The molecule has 172 valence electrons. The minimum Gasteiger partial charge on any atom is -0.367 e. The van der Waals surface area contributed by atoms with Crippen LogP contribution >= 0.6 is 0 Å². The normalized spacial score (nSPS) is 21.1. The summed E-state index contributed by atoms with van der Waals surface area (Å²) in [6, 6.07) is 5.67. The van der Waals surface area contributed by atoms with E-state index in [1.54, 1.807) is 11.8 Å². The predicted octanol–water partition coefficient (Wildman–Crippen LogP) is 3.83. The molecular formula is C22H27F3N6O. The van der Waals surface area contributed by atoms with Crippen molar-refractivity contribution in [2.24, 2.45) is 5.73 Å². The van der Waals surface area contributed by atoms with Gasteiger partial charge in [-0.2, -0.15) is 18.2 Å². The first-order chi connectivity index (χ1) is 15.2. The molecular weight excluding hydrogens is 421 g/mol. The predicted molar refractivity (Wildman–Crippen MR) is 115 cm³/mol. The van der Waals surface area contributed by atoms with Crippen LogP contribution in [0.25, 0.3) is 0 Å². The lowest BCUT2D eigenvalue weighted by Gasteiger charge is -2.28. The largest absolute Gasteiger partial charge is 0.421 e. The standard InChI is InChI=1S/C22H27F3N6O/c1-13(32)31-9-8-14-10-18(5-2-15(14)12-31)29-21-27-11-19(22(23,24)25)20(30-21)28-17-6-3-16(26)4-7-17/h2,5,10-11,16-17H,3-4,6-9,12,26H2,1H3,(H2,27,28,29,30). The van der Waals surface area contributed by atoms with Crippen LogP contribution in [0.1, 0.15) is 49.3 Å². The molecule has 0 saturated heterocycles. The summed E-state index contributed by atoms with van der Waals surface area (Å²) in [5, 5.41) is 5.99. The summed E-state index contributed by atoms with van der Waals surface area (Å²) in [7, 11) is 0. The molecule has 1 amide bonds. The lowest BCUT2D eigenvalue weighted by molar-refractivity contribution is -0.137. The summed E-state index contributed by atoms with van der Waals surface area (Å²) in [6.45, 7) is 2.75. The Balaban J connectivity index is 1.53. The maximum absolute atomic E-state index is 13.5. The third-order valence-corrected chi connectivity index (χ3v) is 6.13. The van der Waals surface area contributed by atoms with Gasteiger partial charge in [0, 0.05) is 44.0 Å². The highest BCUT2D eigenvalue weighted by Gasteiger charge is 2.36. The second kappa shape index (κ2) is 8.93. The Hall–Kier alpha value is -2.88. The van der Waals surface area contributed by atoms with Crippen molar-refractivity contribution < 1.29 is 18.0 Å². The number of halogens is 3. The van der Waals surface area contributed by atoms with Gasteiger partial charge >= 0.3 is 6.18 Å². The molecule has 2 aliphatic rings. The van der Waals surface area contributed by atoms with Crippen molar-refractivity contribution in [1.82, 2.24) is 14.9 Å². The van der Waals surface area contributed by atoms with Gasteiger partial charge in [-0.3, -0.25) is 4.79 Å². The van der Waals surface area contributed by atoms with Crippen LogP contribution in [0.2, 0.25) is 0 Å². The van der Waals surface area contributed by atoms with Crippen LogP contribution in [0.5, 0.6) is 0 Å². The highest BCUT2D eigenvalue weighted by Crippen LogP contribution is 2.35. The van der Waals surface area contributed by atoms with Crippen LogP contribution in [0.15, 0.2) is 24.4 Å². The zero-order valence-electron chi connectivity index (χ0n) is 17.9. The van der Waals surface area contributed by atoms with Gasteiger partial charge in [-0.15, -0.1) is 0 Å². The van der Waals surface area contributed by atoms with Gasteiger partial charge in [0.15, 0.2) is 0 Å². The minimum atomic E-state index is -4.56. The van der Waals surface area contributed by atoms with E-state index in [0.29, 0.717) is 31.6 Å². The van der Waals surface area contributed by atoms with Crippen molar-refractivity contribution in [2.45, 2.75) is 63.8 Å². The molecule has 1 saturated carbocycles. The molecule has 1 aliphatic heterocycles. The zero-order chi connectivity index (χ0) is 22.9. The summed E-state index contributed by atoms with van der Waals surface area (Å²) in [5.74, 6) is -0.0874. The number of alkyl halides is 3. The molecule has 0 unspecified atom stereocenters. The van der Waals surface area contributed by atoms with E-state index in [0.717, 1.165) is 36.6 Å². The molecule has 2 heterocycles. The third kappa shape index (κ3) is 5.12. The average Bonchev–Trinajstić information content (AvgIpc) is 2.74. The number of fused-ring (bicyclic) bond motifs is 1. The highest BCUT2D eigenvalue weighted by atomic mass is 19.4. The summed E-state index contributed by atoms with van der Waals surface area (Å²) >= 11 is 0. The molecule has 4 rings (SSSR count). The molecule has 2 aromatic rings. The Morgan fingerprint density at radius 2 is 1.94 bits per heavy atom. The van der Waals surface area contributed by atoms with Crippen molar-refractivity contribution in [2.75, 3.05) is 17.2 Å². The fraction of sp³-hybridized carbons (Fsp3) is 0.500. The molecule has 10 heteroatoms. The smallest absolute Gasteiger partial charge is 0.367 e. The fourth-order valence-electron chi connectivity index (χ4n) is 4.25. The van der Waals surface area contributed by atoms with Gasteiger partial charge in [0.05, 0.1) is 0 Å². The van der Waals surface area contributed by atoms with Gasteiger partial charge in [0.1, 0.15) is 11.4 Å². The Morgan fingerprint density at radius 1 is 1.19 bits per heavy atom. The number of benzene rings is 1. The number of anilines is 3. The molecule has 1 fully saturated rings. The number of nitrogens with zero attached hydrogens (tertiary/aromatic N) is 3. The molecule has 0 atom stereocenters. The molecule has 1 aromatic heterocycles. The van der Waals surface area contributed by atoms with Crippen LogP contribution in [0.4, 0.5) is 30.6 Å². The van der Waals surface area contributed by atoms with Crippen LogP contribution in [0.3, 0.4) is 0 Å². The first-order valence-electron chi connectivity index (χ1n) is 10.8. The minimum absolute atomic E-state index is 0.0379. The van der Waals surface area contributed by atoms with E-state index in [2.05, 4.69) is 20.6 Å². The second-order valence-electron chi connectivity index (χ2n) is 8.51. The second-order valence-corrected chi connectivity index (χ2v) is 8.51. The molecule has 4 N–H and O–H groups in total. The number of hydrogen-bond donors (Lipinski definition) is 3. The van der Waals surface area contributed by atoms with Crippen molar-refractivity contribution >= 4 is 23.4 Å². The topological polar surface area (TPSA) is 96.2 Å². The van der Waals surface area contributed by atoms with Crippen molar-refractivity contribution in [3.8, 4) is 0 Å². The molecule has 1 aromatic carbocycles. The Bertz CT molecular complexity index is 988. The molecule has 0 radical (unpaired) electrons. The van der Waals surface area contributed by atoms with E-state index >= 15 is 0 Å². The SMILES string of the molecule is CC(=O)N1CCc2cc(Nc3ncc(C(F)(F)F)c(NC4CCC(N)CC4)n3)ccc2C1. The number of nitrogens with two attached hydrogens (primary N) is 1. The van der Waals surface area contributed by atoms with E-state index in [-0.39, 0.29) is 29.8 Å². The number of rotatable bonds is 4. The molecule has 0 spiro atoms. The van der Waals surface area contributed by atoms with Crippen LogP contribution in [0, 0.1) is 0 Å². The van der Waals surface area contributed by atoms with Gasteiger partial charge in [0.2, 0.25) is 11.9 Å². The number of aromatic nitrogens is 2. The highest BCUT2D eigenvalue weighted by molar-refractivity contribution is 5.73. The van der Waals surface area contributed by atoms with Gasteiger partial charge in [-0.25, -0.2) is 4.98 Å². The van der Waals surface area contributed by atoms with Crippen LogP contribution < -0.4 is 16.4 Å². The zero-order valence-corrected chi connectivity index (χ0v) is 17.9. The molecule has 32 heavy (non-hydrogen) atoms. The number of hydrogen-bond acceptors (Lipinski definition) is 6. The third-order valence-electron chi connectivity index (χ3n) is 6.13. The van der Waals surface area contributed by atoms with Crippen LogP contribution in [-0.2, 0) is 23.9 Å². The first kappa shape index (κ1) is 22.3. The monoisotopic (exact) mass is 448 g/mol. The lowest BCUT2D eigenvalue weighted by Crippen LogP contribution is -2.34. The first-order valence-corrected chi connectivity index (χ1v) is 10.8. The number of carbonyl (C=O) groups excluding carboxylic acids is 1. The van der Waals surface area contributed by atoms with Gasteiger partial charge < -0.3 is 21.3 Å². The number of amides is 1. The van der Waals surface area contributed by atoms with Crippen molar-refractivity contribution in [3.63, 3.8) is 0 Å². The summed E-state index contributed by atoms with van der Waals surface area (Å²) in [6.07, 6.45) is -0.0813. The summed E-state index contributed by atoms with van der Waals surface area (Å²) < 4.78 is 40.5. The summed E-state index contributed by atoms with van der Waals surface area (Å²) in [5.41, 5.74) is 7.87. The van der Waals surface area contributed by atoms with E-state index < -0.39 is 11.7 Å². The molecule has 7 nitrogen and oxygen atoms in total. The van der Waals surface area contributed by atoms with E-state index in [9.17, 15) is 18.0 Å². The van der Waals surface area contributed by atoms with Crippen LogP contribution in [-0.4, -0.2) is 39.4 Å². The maximum atomic E-state index is 13.5. The van der Waals surface area contributed by atoms with E-state index in [1.807, 2.05) is 18.2 Å². The van der Waals surface area contributed by atoms with Gasteiger partial charge in [-0.1, -0.05) is 6.07 Å². The Morgan fingerprint density at radius 3 is 2.62 bits per heavy atom. The quantitative estimate of drug-likeness (QED) is 0.658. The van der Waals surface area contributed by atoms with E-state index in [4.69, 9.17) is 5.73 Å². The average molecular weight is 448 g/mol. The number of nitrogens with one attached hydrogen (secondary N) is 2. The Labute approximate surface area is 184 Å². The Kier molecular flexibility index (Phi) is 6.23. The van der Waals surface area contributed by atoms with Gasteiger partial charge in [-0.05, 0) is 55.4 Å². The van der Waals surface area contributed by atoms with Crippen molar-refractivity contribution in [3.05, 3.63) is 41.1 Å². The van der Waals surface area contributed by atoms with Gasteiger partial charge in [0.25, 0.3) is 0 Å². The maximum Gasteiger partial charge on any atom is 0.421 e. The molecule has 0 bridgehead atoms.